The van der Waals surface area contributed by atoms with Crippen molar-refractivity contribution in [1.29, 1.82) is 0 Å². The molecule has 21 nitrogen and oxygen atoms in total. The van der Waals surface area contributed by atoms with Crippen molar-refractivity contribution < 1.29 is 4.42 Å². The molecule has 0 saturated carbocycles. The summed E-state index contributed by atoms with van der Waals surface area (Å²) in [5.41, 5.74) is 18.3. The second kappa shape index (κ2) is 33.2. The molecule has 15 aromatic heterocycles. The number of hydrogen-bond donors (Lipinski definition) is 0. The average Bonchev–Trinajstić information content (AvgIpc) is 1.55. The molecule has 0 fully saturated rings. The van der Waals surface area contributed by atoms with Crippen LogP contribution in [0.4, 0.5) is 0 Å². The van der Waals surface area contributed by atoms with Gasteiger partial charge in [-0.05, 0) is 285 Å². The highest BCUT2D eigenvalue weighted by molar-refractivity contribution is 6.25. The Morgan fingerprint density at radius 1 is 0.187 bits per heavy atom. The Kier molecular flexibility index (Phi) is 19.1. The summed E-state index contributed by atoms with van der Waals surface area (Å²) in [5, 5.41) is 18.4. The van der Waals surface area contributed by atoms with Gasteiger partial charge in [-0.2, -0.15) is 0 Å². The van der Waals surface area contributed by atoms with Gasteiger partial charge in [0.25, 0.3) is 33.4 Å². The van der Waals surface area contributed by atoms with Crippen LogP contribution in [0.2, 0.25) is 0 Å². The van der Waals surface area contributed by atoms with Crippen LogP contribution in [0.1, 0.15) is 25.0 Å². The van der Waals surface area contributed by atoms with Crippen LogP contribution >= 0.6 is 0 Å². The molecular weight excluding hydrogens is 1860 g/mol. The van der Waals surface area contributed by atoms with Crippen molar-refractivity contribution in [3.8, 4) is 56.6 Å². The molecule has 0 spiro atoms. The van der Waals surface area contributed by atoms with E-state index in [1.165, 1.54) is 13.7 Å². The molecule has 0 bridgehead atoms. The van der Waals surface area contributed by atoms with Crippen molar-refractivity contribution in [3.63, 3.8) is 0 Å². The molecule has 0 aliphatic heterocycles. The molecule has 0 atom stereocenters. The van der Waals surface area contributed by atoms with E-state index in [0.717, 1.165) is 193 Å². The summed E-state index contributed by atoms with van der Waals surface area (Å²) in [7, 11) is 0. The largest absolute Gasteiger partial charge is 0.456 e. The third-order valence-corrected chi connectivity index (χ3v) is 30.3. The predicted octanol–water partition coefficient (Wildman–Crippen LogP) is 26.6. The van der Waals surface area contributed by atoms with Crippen LogP contribution in [0, 0.1) is 0 Å². The number of pyridine rings is 6. The van der Waals surface area contributed by atoms with Crippen LogP contribution in [0.25, 0.3) is 252 Å². The van der Waals surface area contributed by atoms with Crippen LogP contribution in [-0.2, 0) is 5.41 Å². The second-order valence-electron chi connectivity index (χ2n) is 38.6. The van der Waals surface area contributed by atoms with Gasteiger partial charge in [0.1, 0.15) is 22.5 Å². The Bertz CT molecular complexity index is 11300. The summed E-state index contributed by atoms with van der Waals surface area (Å²) in [4.78, 5) is 117. The van der Waals surface area contributed by atoms with Gasteiger partial charge in [0.2, 0.25) is 0 Å². The highest BCUT2D eigenvalue weighted by Crippen LogP contribution is 2.51. The van der Waals surface area contributed by atoms with E-state index >= 15 is 9.59 Å². The zero-order valence-electron chi connectivity index (χ0n) is 80.2. The molecule has 1 aliphatic carbocycles. The van der Waals surface area contributed by atoms with Gasteiger partial charge in [0.15, 0.2) is 0 Å². The number of hydrogen-bond acceptors (Lipinski definition) is 13. The van der Waals surface area contributed by atoms with Crippen molar-refractivity contribution >= 4 is 196 Å². The van der Waals surface area contributed by atoms with E-state index in [1.807, 2.05) is 298 Å². The van der Waals surface area contributed by atoms with Gasteiger partial charge in [0, 0.05) is 166 Å². The molecule has 0 saturated heterocycles. The minimum atomic E-state index is -0.400. The van der Waals surface area contributed by atoms with Gasteiger partial charge in [-0.15, -0.1) is 0 Å². The van der Waals surface area contributed by atoms with Crippen LogP contribution in [0.5, 0.6) is 0 Å². The lowest BCUT2D eigenvalue weighted by Gasteiger charge is -2.21. The van der Waals surface area contributed by atoms with E-state index in [2.05, 4.69) is 142 Å². The van der Waals surface area contributed by atoms with Crippen LogP contribution in [0.15, 0.2) is 471 Å². The maximum absolute atomic E-state index is 15.1. The lowest BCUT2D eigenvalue weighted by molar-refractivity contribution is 0.658. The molecule has 21 heteroatoms. The van der Waals surface area contributed by atoms with Crippen molar-refractivity contribution in [3.05, 3.63) is 511 Å². The summed E-state index contributed by atoms with van der Waals surface area (Å²) in [6.07, 6.45) is 18.3. The molecule has 1 aliphatic rings. The smallest absolute Gasteiger partial charge is 0.266 e. The minimum Gasteiger partial charge on any atom is -0.456 e. The Labute approximate surface area is 848 Å². The zero-order valence-corrected chi connectivity index (χ0v) is 80.2. The van der Waals surface area contributed by atoms with Crippen molar-refractivity contribution in [2.75, 3.05) is 0 Å². The molecule has 15 aromatic carbocycles. The van der Waals surface area contributed by atoms with Gasteiger partial charge < -0.3 is 18.1 Å². The monoisotopic (exact) mass is 1930 g/mol. The number of furan rings is 1. The van der Waals surface area contributed by atoms with E-state index in [1.54, 1.807) is 55.2 Å². The van der Waals surface area contributed by atoms with Crippen molar-refractivity contribution in [1.82, 2.24) is 66.4 Å². The maximum Gasteiger partial charge on any atom is 0.266 e. The van der Waals surface area contributed by atoms with Crippen molar-refractivity contribution in [2.24, 2.45) is 0 Å². The number of benzene rings is 15. The number of aromatic nitrogens is 14. The average molecular weight is 1940 g/mol. The quantitative estimate of drug-likeness (QED) is 0.138. The van der Waals surface area contributed by atoms with Gasteiger partial charge in [0.05, 0.1) is 88.1 Å². The lowest BCUT2D eigenvalue weighted by atomic mass is 9.82. The lowest BCUT2D eigenvalue weighted by Crippen LogP contribution is -2.28. The first-order valence-electron chi connectivity index (χ1n) is 49.5. The Hall–Kier alpha value is -20.6. The molecule has 0 N–H and O–H groups in total. The van der Waals surface area contributed by atoms with Gasteiger partial charge in [-0.25, -0.2) is 23.7 Å². The fourth-order valence-electron chi connectivity index (χ4n) is 23.5. The normalized spacial score (nSPS) is 12.4. The third-order valence-electron chi connectivity index (χ3n) is 30.3. The first-order valence-corrected chi connectivity index (χ1v) is 49.5. The summed E-state index contributed by atoms with van der Waals surface area (Å²) >= 11 is 0. The van der Waals surface area contributed by atoms with Crippen molar-refractivity contribution in [2.45, 2.75) is 19.3 Å². The molecule has 30 aromatic rings. The number of rotatable bonds is 8. The molecule has 15 heterocycles. The zero-order chi connectivity index (χ0) is 100. The van der Waals surface area contributed by atoms with E-state index in [9.17, 15) is 19.2 Å². The second-order valence-corrected chi connectivity index (χ2v) is 38.6. The molecule has 0 amide bonds. The molecule has 0 unspecified atom stereocenters. The molecule has 31 rings (SSSR count). The van der Waals surface area contributed by atoms with E-state index in [-0.39, 0.29) is 27.7 Å². The number of para-hydroxylation sites is 8. The Balaban J connectivity index is 0.000000106. The fraction of sp³-hybridized carbons (Fsp3) is 0.0233. The standard InChI is InChI=1S/C48H27N5O3.C42H25N5O2.C39H26N4O2/c54-47-37-24-43-34(39-26-49-19-17-41(39)51(43)28-9-3-1-4-10-28)22-32(37)33-23-35-40-27-50-20-18-42(40)52(30-15-16-46-36(21-30)31-13-7-8-14-45(31)56-46)44(35)25-38(33)48(55)53(47)29-11-5-2-6-12-29;48-41-35-24-37-33(29-18-10-20-43-39(29)45(37)26-12-4-1-5-13-26)22-31(35)32-23-34-30-19-11-21-44-40(30)46(27-14-6-2-7-15-27)38(34)25-36(32)42(49)47(41)28-16-8-3-9-17-28;1-39(2)33-19-30-26(17-28(33)25-13-15-41-22-34(25)39)27-18-29-32-21-40-16-14-35(32)42(23-9-5-3-6-10-23)36(29)20-31(27)38(45)43(37(30)44)24-11-7-4-8-12-24/h1-27H;1-25H;3-22H,1-2H3. The molecule has 0 radical (unpaired) electrons. The van der Waals surface area contributed by atoms with E-state index in [0.29, 0.717) is 70.9 Å². The van der Waals surface area contributed by atoms with Gasteiger partial charge in [-0.1, -0.05) is 159 Å². The topological polar surface area (TPSA) is 232 Å². The summed E-state index contributed by atoms with van der Waals surface area (Å²) in [6, 6.07) is 122. The van der Waals surface area contributed by atoms with E-state index in [4.69, 9.17) is 14.4 Å². The highest BCUT2D eigenvalue weighted by atomic mass is 16.3. The maximum atomic E-state index is 15.1. The van der Waals surface area contributed by atoms with Gasteiger partial charge in [-0.3, -0.25) is 57.8 Å². The Morgan fingerprint density at radius 3 is 0.860 bits per heavy atom. The molecular formula is C129H78N14O7. The molecule has 150 heavy (non-hydrogen) atoms. The van der Waals surface area contributed by atoms with Crippen LogP contribution < -0.4 is 33.4 Å². The minimum absolute atomic E-state index is 0.341. The Morgan fingerprint density at radius 2 is 0.480 bits per heavy atom. The number of nitrogens with zero attached hydrogens (tertiary/aromatic N) is 14. The van der Waals surface area contributed by atoms with E-state index < -0.39 is 11.1 Å². The van der Waals surface area contributed by atoms with Gasteiger partial charge >= 0.3 is 0 Å². The highest BCUT2D eigenvalue weighted by Gasteiger charge is 2.37. The first kappa shape index (κ1) is 86.1. The van der Waals surface area contributed by atoms with Crippen LogP contribution in [-0.4, -0.2) is 66.4 Å². The summed E-state index contributed by atoms with van der Waals surface area (Å²) in [6.45, 7) is 4.33. The third kappa shape index (κ3) is 12.9. The first-order chi connectivity index (χ1) is 73.7. The predicted molar refractivity (Wildman–Crippen MR) is 603 cm³/mol. The molecule has 706 valence electrons. The summed E-state index contributed by atoms with van der Waals surface area (Å²) in [5.74, 6) is 0. The SMILES string of the molecule is CC1(C)c2cnccc2-c2cc3c(cc21)c(=O)n(-c1ccccc1)c(=O)c1cc2c(cc13)c1cnccc1n2-c1ccccc1.O=c1c2cc3c(cc2c2cc4c5cccnc5n(-c5ccccc5)c4cc2c(=O)n1-c1ccccc1)c1cccnc1n3-c1ccccc1.O=c1c2cc3c(cc2c2cc4c5cnccc5n(-c5ccc6oc7ccccc7c6c5)c4cc2c(=O)n1-c1ccccc1)c1cnccc1n3-c1ccccc1. The van der Waals surface area contributed by atoms with Crippen LogP contribution in [0.3, 0.4) is 0 Å². The number of fused-ring (bicyclic) bond motifs is 30. The summed E-state index contributed by atoms with van der Waals surface area (Å²) < 4.78 is 20.8. The fourth-order valence-corrected chi connectivity index (χ4v) is 23.5.